The van der Waals surface area contributed by atoms with Crippen LogP contribution in [0.15, 0.2) is 24.3 Å². The highest BCUT2D eigenvalue weighted by molar-refractivity contribution is 9.10. The number of carbonyl (C=O) groups is 1. The Morgan fingerprint density at radius 1 is 1.30 bits per heavy atom. The number of ether oxygens (including phenoxy) is 1. The number of Topliss-reactive ketones (excluding diaryl/α,β-unsaturated/α-hetero) is 1. The van der Waals surface area contributed by atoms with Gasteiger partial charge in [0.15, 0.2) is 6.61 Å². The molecular weight excluding hydrogens is 337 g/mol. The second kappa shape index (κ2) is 7.67. The Hall–Kier alpha value is -1.04. The van der Waals surface area contributed by atoms with Crippen molar-refractivity contribution >= 4 is 21.7 Å². The zero-order valence-electron chi connectivity index (χ0n) is 11.0. The molecule has 1 rings (SSSR count). The van der Waals surface area contributed by atoms with Gasteiger partial charge < -0.3 is 4.74 Å². The molecule has 0 saturated carbocycles. The molecule has 0 heterocycles. The van der Waals surface area contributed by atoms with Gasteiger partial charge in [-0.2, -0.15) is 13.2 Å². The number of hydrogen-bond donors (Lipinski definition) is 0. The molecule has 0 aliphatic rings. The lowest BCUT2D eigenvalue weighted by atomic mass is 10.1. The lowest BCUT2D eigenvalue weighted by molar-refractivity contribution is -0.153. The molecule has 6 heteroatoms. The normalized spacial score (nSPS) is 13.1. The molecule has 0 radical (unpaired) electrons. The van der Waals surface area contributed by atoms with Gasteiger partial charge in [0.1, 0.15) is 11.5 Å². The molecule has 1 aromatic carbocycles. The van der Waals surface area contributed by atoms with Crippen LogP contribution in [-0.2, 0) is 11.2 Å². The number of benzene rings is 1. The average Bonchev–Trinajstić information content (AvgIpc) is 2.37. The summed E-state index contributed by atoms with van der Waals surface area (Å²) in [4.78, 5) is 11.4. The average molecular weight is 353 g/mol. The number of ketones is 1. The van der Waals surface area contributed by atoms with Crippen LogP contribution >= 0.6 is 15.9 Å². The largest absolute Gasteiger partial charge is 0.484 e. The molecule has 1 aromatic rings. The molecule has 0 aliphatic carbocycles. The first-order valence-corrected chi connectivity index (χ1v) is 7.18. The molecule has 0 N–H and O–H groups in total. The summed E-state index contributed by atoms with van der Waals surface area (Å²) in [6.45, 7) is 0.632. The third-order valence-corrected chi connectivity index (χ3v) is 3.42. The van der Waals surface area contributed by atoms with E-state index in [2.05, 4.69) is 20.7 Å². The van der Waals surface area contributed by atoms with Gasteiger partial charge in [-0.1, -0.05) is 35.0 Å². The van der Waals surface area contributed by atoms with E-state index < -0.39 is 12.8 Å². The van der Waals surface area contributed by atoms with E-state index in [-0.39, 0.29) is 16.4 Å². The first-order chi connectivity index (χ1) is 9.31. The molecule has 1 unspecified atom stereocenters. The summed E-state index contributed by atoms with van der Waals surface area (Å²) in [6, 6.07) is 6.29. The lowest BCUT2D eigenvalue weighted by Gasteiger charge is -2.11. The topological polar surface area (TPSA) is 26.3 Å². The Morgan fingerprint density at radius 3 is 2.40 bits per heavy atom. The zero-order valence-corrected chi connectivity index (χ0v) is 12.6. The smallest absolute Gasteiger partial charge is 0.422 e. The van der Waals surface area contributed by atoms with Crippen molar-refractivity contribution in [3.63, 3.8) is 0 Å². The standard InChI is InChI=1S/C14H16BrF3O2/c1-2-3-13(19)12(15)8-10-4-6-11(7-5-10)20-9-14(16,17)18/h4-7,12H,2-3,8-9H2,1H3. The van der Waals surface area contributed by atoms with E-state index in [1.165, 1.54) is 12.1 Å². The monoisotopic (exact) mass is 352 g/mol. The summed E-state index contributed by atoms with van der Waals surface area (Å²) in [6.07, 6.45) is -2.52. The van der Waals surface area contributed by atoms with Gasteiger partial charge >= 0.3 is 6.18 Å². The molecule has 1 atom stereocenters. The Labute approximate surface area is 124 Å². The zero-order chi connectivity index (χ0) is 15.2. The SMILES string of the molecule is CCCC(=O)C(Br)Cc1ccc(OCC(F)(F)F)cc1. The maximum atomic E-state index is 12.0. The Kier molecular flexibility index (Phi) is 6.52. The van der Waals surface area contributed by atoms with Crippen LogP contribution in [-0.4, -0.2) is 23.4 Å². The fraction of sp³-hybridized carbons (Fsp3) is 0.500. The molecule has 0 aliphatic heterocycles. The van der Waals surface area contributed by atoms with Gasteiger partial charge in [-0.15, -0.1) is 0 Å². The molecule has 0 amide bonds. The molecule has 0 aromatic heterocycles. The first kappa shape index (κ1) is 17.0. The van der Waals surface area contributed by atoms with Crippen LogP contribution in [0.4, 0.5) is 13.2 Å². The van der Waals surface area contributed by atoms with Gasteiger partial charge in [-0.3, -0.25) is 4.79 Å². The third-order valence-electron chi connectivity index (χ3n) is 2.59. The number of halogens is 4. The highest BCUT2D eigenvalue weighted by atomic mass is 79.9. The van der Waals surface area contributed by atoms with Gasteiger partial charge in [0.25, 0.3) is 0 Å². The molecule has 0 saturated heterocycles. The minimum Gasteiger partial charge on any atom is -0.484 e. The predicted octanol–water partition coefficient (Wildman–Crippen LogP) is 4.30. The van der Waals surface area contributed by atoms with E-state index in [0.29, 0.717) is 12.8 Å². The fourth-order valence-electron chi connectivity index (χ4n) is 1.61. The molecule has 20 heavy (non-hydrogen) atoms. The highest BCUT2D eigenvalue weighted by Crippen LogP contribution is 2.20. The van der Waals surface area contributed by atoms with Crippen molar-refractivity contribution in [1.29, 1.82) is 0 Å². The van der Waals surface area contributed by atoms with Gasteiger partial charge in [-0.05, 0) is 30.5 Å². The summed E-state index contributed by atoms with van der Waals surface area (Å²) in [7, 11) is 0. The van der Waals surface area contributed by atoms with Crippen LogP contribution in [0, 0.1) is 0 Å². The van der Waals surface area contributed by atoms with Crippen LogP contribution < -0.4 is 4.74 Å². The molecule has 0 spiro atoms. The Balaban J connectivity index is 2.52. The molecule has 0 bridgehead atoms. The number of rotatable bonds is 7. The van der Waals surface area contributed by atoms with Crippen LogP contribution in [0.1, 0.15) is 25.3 Å². The summed E-state index contributed by atoms with van der Waals surface area (Å²) in [5, 5.41) is 0. The molecule has 2 nitrogen and oxygen atoms in total. The van der Waals surface area contributed by atoms with Gasteiger partial charge in [-0.25, -0.2) is 0 Å². The van der Waals surface area contributed by atoms with E-state index in [1.807, 2.05) is 6.92 Å². The lowest BCUT2D eigenvalue weighted by Crippen LogP contribution is -2.19. The minimum absolute atomic E-state index is 0.130. The van der Waals surface area contributed by atoms with Crippen molar-refractivity contribution in [1.82, 2.24) is 0 Å². The van der Waals surface area contributed by atoms with Gasteiger partial charge in [0.2, 0.25) is 0 Å². The van der Waals surface area contributed by atoms with Crippen molar-refractivity contribution < 1.29 is 22.7 Å². The fourth-order valence-corrected chi connectivity index (χ4v) is 2.21. The van der Waals surface area contributed by atoms with Crippen LogP contribution in [0.5, 0.6) is 5.75 Å². The van der Waals surface area contributed by atoms with E-state index >= 15 is 0 Å². The summed E-state index contributed by atoms with van der Waals surface area (Å²) in [5.41, 5.74) is 0.871. The molecular formula is C14H16BrF3O2. The van der Waals surface area contributed by atoms with Crippen molar-refractivity contribution in [2.75, 3.05) is 6.61 Å². The van der Waals surface area contributed by atoms with Gasteiger partial charge in [0.05, 0.1) is 4.83 Å². The molecule has 0 fully saturated rings. The second-order valence-corrected chi connectivity index (χ2v) is 5.54. The number of alkyl halides is 4. The summed E-state index contributed by atoms with van der Waals surface area (Å²) < 4.78 is 40.6. The first-order valence-electron chi connectivity index (χ1n) is 6.27. The van der Waals surface area contributed by atoms with Gasteiger partial charge in [0, 0.05) is 6.42 Å². The van der Waals surface area contributed by atoms with Crippen molar-refractivity contribution in [3.05, 3.63) is 29.8 Å². The summed E-state index contributed by atoms with van der Waals surface area (Å²) in [5.74, 6) is 0.294. The van der Waals surface area contributed by atoms with E-state index in [4.69, 9.17) is 0 Å². The quantitative estimate of drug-likeness (QED) is 0.683. The number of hydrogen-bond acceptors (Lipinski definition) is 2. The van der Waals surface area contributed by atoms with Crippen molar-refractivity contribution in [3.8, 4) is 5.75 Å². The van der Waals surface area contributed by atoms with E-state index in [9.17, 15) is 18.0 Å². The van der Waals surface area contributed by atoms with Crippen LogP contribution in [0.25, 0.3) is 0 Å². The van der Waals surface area contributed by atoms with Crippen molar-refractivity contribution in [2.45, 2.75) is 37.2 Å². The van der Waals surface area contributed by atoms with Crippen molar-refractivity contribution in [2.24, 2.45) is 0 Å². The second-order valence-electron chi connectivity index (χ2n) is 4.44. The summed E-state index contributed by atoms with van der Waals surface area (Å²) >= 11 is 3.33. The maximum absolute atomic E-state index is 12.0. The third kappa shape index (κ3) is 6.41. The Morgan fingerprint density at radius 2 is 1.90 bits per heavy atom. The minimum atomic E-state index is -4.34. The van der Waals surface area contributed by atoms with Crippen LogP contribution in [0.2, 0.25) is 0 Å². The number of carbonyl (C=O) groups excluding carboxylic acids is 1. The van der Waals surface area contributed by atoms with E-state index in [1.54, 1.807) is 12.1 Å². The maximum Gasteiger partial charge on any atom is 0.422 e. The highest BCUT2D eigenvalue weighted by Gasteiger charge is 2.28. The Bertz CT molecular complexity index is 429. The van der Waals surface area contributed by atoms with Crippen LogP contribution in [0.3, 0.4) is 0 Å². The predicted molar refractivity (Wildman–Crippen MR) is 74.3 cm³/mol. The van der Waals surface area contributed by atoms with E-state index in [0.717, 1.165) is 12.0 Å². The molecule has 112 valence electrons.